The van der Waals surface area contributed by atoms with Crippen LogP contribution in [0.3, 0.4) is 0 Å². The molecule has 5 nitrogen and oxygen atoms in total. The average molecular weight is 375 g/mol. The van der Waals surface area contributed by atoms with Crippen molar-refractivity contribution in [2.45, 2.75) is 38.6 Å². The average Bonchev–Trinajstić information content (AvgIpc) is 2.56. The van der Waals surface area contributed by atoms with Gasteiger partial charge in [-0.15, -0.1) is 0 Å². The first kappa shape index (κ1) is 20.0. The van der Waals surface area contributed by atoms with Gasteiger partial charge in [-0.05, 0) is 68.1 Å². The van der Waals surface area contributed by atoms with Crippen molar-refractivity contribution in [3.63, 3.8) is 0 Å². The molecule has 0 bridgehead atoms. The van der Waals surface area contributed by atoms with Crippen LogP contribution in [0.5, 0.6) is 5.75 Å². The Morgan fingerprint density at radius 2 is 1.73 bits per heavy atom. The van der Waals surface area contributed by atoms with Gasteiger partial charge in [-0.2, -0.15) is 0 Å². The monoisotopic (exact) mass is 375 g/mol. The Hall–Kier alpha value is -2.34. The van der Waals surface area contributed by atoms with Crippen molar-refractivity contribution in [2.24, 2.45) is 0 Å². The topological polar surface area (TPSA) is 72.5 Å². The molecule has 0 heterocycles. The van der Waals surface area contributed by atoms with Crippen molar-refractivity contribution in [3.8, 4) is 5.75 Å². The molecule has 0 spiro atoms. The lowest BCUT2D eigenvalue weighted by molar-refractivity contribution is -0.123. The Labute approximate surface area is 155 Å². The van der Waals surface area contributed by atoms with Gasteiger partial charge in [-0.3, -0.25) is 4.79 Å². The van der Waals surface area contributed by atoms with Crippen molar-refractivity contribution < 1.29 is 17.9 Å². The van der Waals surface area contributed by atoms with Crippen LogP contribution < -0.4 is 10.1 Å². The molecule has 26 heavy (non-hydrogen) atoms. The summed E-state index contributed by atoms with van der Waals surface area (Å²) in [5.41, 5.74) is 4.06. The molecule has 0 aliphatic rings. The van der Waals surface area contributed by atoms with Crippen molar-refractivity contribution in [1.82, 2.24) is 5.32 Å². The SMILES string of the molecule is Cc1cc(C)c(C)c(OCC(=O)N[C@@H](C)c2ccc(S(C)(=O)=O)cc2)c1. The largest absolute Gasteiger partial charge is 0.483 e. The smallest absolute Gasteiger partial charge is 0.258 e. The van der Waals surface area contributed by atoms with E-state index in [9.17, 15) is 13.2 Å². The summed E-state index contributed by atoms with van der Waals surface area (Å²) in [5, 5.41) is 2.86. The maximum absolute atomic E-state index is 12.2. The molecular formula is C20H25NO4S. The number of aryl methyl sites for hydroxylation is 2. The van der Waals surface area contributed by atoms with Crippen LogP contribution in [-0.2, 0) is 14.6 Å². The highest BCUT2D eigenvalue weighted by molar-refractivity contribution is 7.90. The fraction of sp³-hybridized carbons (Fsp3) is 0.350. The second kappa shape index (κ2) is 7.91. The van der Waals surface area contributed by atoms with E-state index in [0.717, 1.165) is 22.3 Å². The van der Waals surface area contributed by atoms with Gasteiger partial charge >= 0.3 is 0 Å². The predicted octanol–water partition coefficient (Wildman–Crippen LogP) is 3.27. The minimum absolute atomic E-state index is 0.0739. The number of hydrogen-bond acceptors (Lipinski definition) is 4. The summed E-state index contributed by atoms with van der Waals surface area (Å²) in [7, 11) is -3.23. The molecule has 0 unspecified atom stereocenters. The van der Waals surface area contributed by atoms with E-state index in [0.29, 0.717) is 5.75 Å². The summed E-state index contributed by atoms with van der Waals surface area (Å²) < 4.78 is 28.7. The summed E-state index contributed by atoms with van der Waals surface area (Å²) in [6.45, 7) is 7.73. The number of nitrogens with one attached hydrogen (secondary N) is 1. The normalized spacial score (nSPS) is 12.5. The summed E-state index contributed by atoms with van der Waals surface area (Å²) in [6.07, 6.45) is 1.17. The Morgan fingerprint density at radius 1 is 1.12 bits per heavy atom. The molecule has 2 aromatic rings. The van der Waals surface area contributed by atoms with Gasteiger partial charge in [0.25, 0.3) is 5.91 Å². The molecule has 1 amide bonds. The first-order chi connectivity index (χ1) is 12.1. The minimum atomic E-state index is -3.23. The van der Waals surface area contributed by atoms with Crippen LogP contribution in [0.25, 0.3) is 0 Å². The number of ether oxygens (including phenoxy) is 1. The van der Waals surface area contributed by atoms with Gasteiger partial charge < -0.3 is 10.1 Å². The zero-order valence-electron chi connectivity index (χ0n) is 15.8. The molecule has 0 radical (unpaired) electrons. The third-order valence-corrected chi connectivity index (χ3v) is 5.44. The van der Waals surface area contributed by atoms with E-state index in [1.807, 2.05) is 33.8 Å². The van der Waals surface area contributed by atoms with E-state index in [2.05, 4.69) is 11.4 Å². The third-order valence-electron chi connectivity index (χ3n) is 4.31. The molecule has 0 saturated heterocycles. The van der Waals surface area contributed by atoms with Crippen LogP contribution in [-0.4, -0.2) is 27.2 Å². The highest BCUT2D eigenvalue weighted by Crippen LogP contribution is 2.23. The highest BCUT2D eigenvalue weighted by atomic mass is 32.2. The molecule has 0 fully saturated rings. The molecular weight excluding hydrogens is 350 g/mol. The molecule has 140 valence electrons. The van der Waals surface area contributed by atoms with Gasteiger partial charge in [0.1, 0.15) is 5.75 Å². The Kier molecular flexibility index (Phi) is 6.08. The number of hydrogen-bond donors (Lipinski definition) is 1. The number of amides is 1. The van der Waals surface area contributed by atoms with E-state index < -0.39 is 9.84 Å². The number of rotatable bonds is 6. The van der Waals surface area contributed by atoms with Gasteiger partial charge in [0.05, 0.1) is 10.9 Å². The quantitative estimate of drug-likeness (QED) is 0.841. The van der Waals surface area contributed by atoms with Gasteiger partial charge in [0.2, 0.25) is 0 Å². The van der Waals surface area contributed by atoms with Crippen LogP contribution in [0.2, 0.25) is 0 Å². The van der Waals surface area contributed by atoms with Gasteiger partial charge in [-0.25, -0.2) is 8.42 Å². The molecule has 0 aromatic heterocycles. The second-order valence-electron chi connectivity index (χ2n) is 6.62. The van der Waals surface area contributed by atoms with Gasteiger partial charge in [0, 0.05) is 6.26 Å². The third kappa shape index (κ3) is 5.08. The number of sulfone groups is 1. The molecule has 0 aliphatic carbocycles. The molecule has 2 rings (SSSR count). The van der Waals surface area contributed by atoms with Crippen molar-refractivity contribution >= 4 is 15.7 Å². The predicted molar refractivity (Wildman–Crippen MR) is 102 cm³/mol. The summed E-state index contributed by atoms with van der Waals surface area (Å²) in [4.78, 5) is 12.4. The maximum Gasteiger partial charge on any atom is 0.258 e. The van der Waals surface area contributed by atoms with Crippen molar-refractivity contribution in [1.29, 1.82) is 0 Å². The van der Waals surface area contributed by atoms with Crippen molar-refractivity contribution in [2.75, 3.05) is 12.9 Å². The van der Waals surface area contributed by atoms with Crippen LogP contribution in [0.15, 0.2) is 41.3 Å². The lowest BCUT2D eigenvalue weighted by atomic mass is 10.1. The molecule has 6 heteroatoms. The number of benzene rings is 2. The van der Waals surface area contributed by atoms with E-state index >= 15 is 0 Å². The second-order valence-corrected chi connectivity index (χ2v) is 8.64. The first-order valence-electron chi connectivity index (χ1n) is 8.38. The standard InChI is InChI=1S/C20H25NO4S/c1-13-10-14(2)15(3)19(11-13)25-12-20(22)21-16(4)17-6-8-18(9-7-17)26(5,23)24/h6-11,16H,12H2,1-5H3,(H,21,22)/t16-/m0/s1. The van der Waals surface area contributed by atoms with E-state index in [1.54, 1.807) is 24.3 Å². The Bertz CT molecular complexity index is 902. The van der Waals surface area contributed by atoms with Crippen LogP contribution in [0.4, 0.5) is 0 Å². The number of carbonyl (C=O) groups excluding carboxylic acids is 1. The zero-order valence-corrected chi connectivity index (χ0v) is 16.6. The fourth-order valence-electron chi connectivity index (χ4n) is 2.66. The zero-order chi connectivity index (χ0) is 19.5. The summed E-state index contributed by atoms with van der Waals surface area (Å²) >= 11 is 0. The first-order valence-corrected chi connectivity index (χ1v) is 10.3. The van der Waals surface area contributed by atoms with E-state index in [-0.39, 0.29) is 23.5 Å². The molecule has 2 aromatic carbocycles. The van der Waals surface area contributed by atoms with Gasteiger partial charge in [0.15, 0.2) is 16.4 Å². The van der Waals surface area contributed by atoms with Crippen LogP contribution in [0.1, 0.15) is 35.2 Å². The Balaban J connectivity index is 1.97. The lowest BCUT2D eigenvalue weighted by Crippen LogP contribution is -2.31. The molecule has 1 atom stereocenters. The maximum atomic E-state index is 12.2. The van der Waals surface area contributed by atoms with Crippen LogP contribution in [0, 0.1) is 20.8 Å². The minimum Gasteiger partial charge on any atom is -0.483 e. The summed E-state index contributed by atoms with van der Waals surface area (Å²) in [6, 6.07) is 10.2. The van der Waals surface area contributed by atoms with E-state index in [4.69, 9.17) is 4.74 Å². The van der Waals surface area contributed by atoms with Crippen LogP contribution >= 0.6 is 0 Å². The summed E-state index contributed by atoms with van der Waals surface area (Å²) in [5.74, 6) is 0.478. The highest BCUT2D eigenvalue weighted by Gasteiger charge is 2.13. The lowest BCUT2D eigenvalue weighted by Gasteiger charge is -2.16. The number of carbonyl (C=O) groups is 1. The molecule has 1 N–H and O–H groups in total. The fourth-order valence-corrected chi connectivity index (χ4v) is 3.29. The van der Waals surface area contributed by atoms with Gasteiger partial charge in [-0.1, -0.05) is 18.2 Å². The Morgan fingerprint density at radius 3 is 2.31 bits per heavy atom. The van der Waals surface area contributed by atoms with E-state index in [1.165, 1.54) is 6.26 Å². The van der Waals surface area contributed by atoms with Crippen molar-refractivity contribution in [3.05, 3.63) is 58.7 Å². The molecule has 0 saturated carbocycles. The molecule has 0 aliphatic heterocycles.